The predicted octanol–water partition coefficient (Wildman–Crippen LogP) is 4.01. The van der Waals surface area contributed by atoms with Crippen LogP contribution in [0.3, 0.4) is 0 Å². The molecule has 0 spiro atoms. The van der Waals surface area contributed by atoms with Gasteiger partial charge in [-0.05, 0) is 62.9 Å². The quantitative estimate of drug-likeness (QED) is 0.270. The number of nitrogens with one attached hydrogen (secondary N) is 4. The molecule has 0 aliphatic heterocycles. The van der Waals surface area contributed by atoms with Gasteiger partial charge in [0.15, 0.2) is 0 Å². The Morgan fingerprint density at radius 1 is 0.756 bits per heavy atom. The molecule has 0 bridgehead atoms. The first-order valence-corrected chi connectivity index (χ1v) is 13.9. The summed E-state index contributed by atoms with van der Waals surface area (Å²) in [4.78, 5) is 51.3. The molecule has 0 saturated heterocycles. The van der Waals surface area contributed by atoms with Gasteiger partial charge in [-0.25, -0.2) is 0 Å². The highest BCUT2D eigenvalue weighted by atomic mass is 16.2. The number of carbonyl (C=O) groups is 4. The Bertz CT molecular complexity index is 1320. The van der Waals surface area contributed by atoms with E-state index in [9.17, 15) is 19.2 Å². The van der Waals surface area contributed by atoms with Crippen molar-refractivity contribution >= 4 is 23.6 Å². The lowest BCUT2D eigenvalue weighted by atomic mass is 10.0. The first-order chi connectivity index (χ1) is 19.5. The maximum atomic E-state index is 13.2. The molecule has 0 saturated carbocycles. The molecular weight excluding hydrogens is 516 g/mol. The van der Waals surface area contributed by atoms with Crippen molar-refractivity contribution in [3.8, 4) is 11.1 Å². The first-order valence-electron chi connectivity index (χ1n) is 13.9. The van der Waals surface area contributed by atoms with Crippen LogP contribution in [0.4, 0.5) is 0 Å². The third-order valence-corrected chi connectivity index (χ3v) is 6.23. The van der Waals surface area contributed by atoms with Crippen molar-refractivity contribution in [2.75, 3.05) is 6.54 Å². The van der Waals surface area contributed by atoms with E-state index in [0.29, 0.717) is 12.0 Å². The molecular formula is C33H40N4O4. The molecule has 1 unspecified atom stereocenters. The van der Waals surface area contributed by atoms with E-state index >= 15 is 0 Å². The van der Waals surface area contributed by atoms with Crippen LogP contribution in [0, 0.1) is 0 Å². The van der Waals surface area contributed by atoms with Gasteiger partial charge in [0.25, 0.3) is 5.91 Å². The third-order valence-electron chi connectivity index (χ3n) is 6.23. The van der Waals surface area contributed by atoms with E-state index < -0.39 is 23.5 Å². The maximum Gasteiger partial charge on any atom is 0.251 e. The van der Waals surface area contributed by atoms with Crippen molar-refractivity contribution in [3.05, 3.63) is 96.1 Å². The van der Waals surface area contributed by atoms with E-state index in [0.717, 1.165) is 16.7 Å². The van der Waals surface area contributed by atoms with E-state index in [-0.39, 0.29) is 37.1 Å². The molecule has 4 N–H and O–H groups in total. The average Bonchev–Trinajstić information content (AvgIpc) is 2.94. The second-order valence-electron chi connectivity index (χ2n) is 11.2. The van der Waals surface area contributed by atoms with Crippen LogP contribution < -0.4 is 21.3 Å². The molecule has 2 atom stereocenters. The zero-order chi connectivity index (χ0) is 29.8. The summed E-state index contributed by atoms with van der Waals surface area (Å²) in [5.41, 5.74) is 2.97. The number of carbonyl (C=O) groups excluding carboxylic acids is 4. The van der Waals surface area contributed by atoms with E-state index in [1.54, 1.807) is 13.0 Å². The summed E-state index contributed by atoms with van der Waals surface area (Å²) in [5.74, 6) is -1.42. The topological polar surface area (TPSA) is 116 Å². The normalized spacial score (nSPS) is 12.5. The molecule has 3 aromatic carbocycles. The van der Waals surface area contributed by atoms with Crippen LogP contribution in [0.2, 0.25) is 0 Å². The fourth-order valence-electron chi connectivity index (χ4n) is 4.25. The molecule has 0 aromatic heterocycles. The van der Waals surface area contributed by atoms with Gasteiger partial charge in [0.1, 0.15) is 6.04 Å². The monoisotopic (exact) mass is 556 g/mol. The molecule has 3 rings (SSSR count). The Balaban J connectivity index is 1.57. The summed E-state index contributed by atoms with van der Waals surface area (Å²) < 4.78 is 0. The smallest absolute Gasteiger partial charge is 0.251 e. The number of benzene rings is 3. The second kappa shape index (κ2) is 14.8. The molecule has 0 fully saturated rings. The van der Waals surface area contributed by atoms with Gasteiger partial charge in [-0.1, -0.05) is 72.8 Å². The highest BCUT2D eigenvalue weighted by molar-refractivity contribution is 5.95. The Kier molecular flexibility index (Phi) is 11.2. The van der Waals surface area contributed by atoms with Crippen molar-refractivity contribution in [1.29, 1.82) is 0 Å². The Morgan fingerprint density at radius 2 is 1.39 bits per heavy atom. The summed E-state index contributed by atoms with van der Waals surface area (Å²) >= 11 is 0. The minimum absolute atomic E-state index is 0.170. The van der Waals surface area contributed by atoms with Gasteiger partial charge in [-0.3, -0.25) is 19.2 Å². The Morgan fingerprint density at radius 3 is 2.05 bits per heavy atom. The molecule has 4 amide bonds. The number of hydrogen-bond donors (Lipinski definition) is 4. The lowest BCUT2D eigenvalue weighted by Crippen LogP contribution is -2.53. The molecule has 3 aromatic rings. The fourth-order valence-corrected chi connectivity index (χ4v) is 4.25. The summed E-state index contributed by atoms with van der Waals surface area (Å²) in [6.45, 7) is 7.46. The number of hydrogen-bond acceptors (Lipinski definition) is 4. The number of aryl methyl sites for hydroxylation is 1. The zero-order valence-electron chi connectivity index (χ0n) is 24.2. The van der Waals surface area contributed by atoms with Gasteiger partial charge < -0.3 is 21.3 Å². The van der Waals surface area contributed by atoms with Gasteiger partial charge in [0.05, 0.1) is 6.42 Å². The van der Waals surface area contributed by atoms with E-state index in [1.807, 2.05) is 99.6 Å². The van der Waals surface area contributed by atoms with E-state index in [2.05, 4.69) is 21.3 Å². The lowest BCUT2D eigenvalue weighted by molar-refractivity contribution is -0.132. The van der Waals surface area contributed by atoms with Gasteiger partial charge in [-0.15, -0.1) is 0 Å². The molecule has 0 heterocycles. The Hall–Kier alpha value is -4.46. The SMILES string of the molecule is CC(CNC(=O)c1cccc(-c2ccccc2)c1)NC(=O)[C@H](CC(=O)NC(C)(C)C)NC(=O)CCc1ccccc1. The number of rotatable bonds is 12. The van der Waals surface area contributed by atoms with Gasteiger partial charge >= 0.3 is 0 Å². The lowest BCUT2D eigenvalue weighted by Gasteiger charge is -2.24. The molecule has 8 heteroatoms. The van der Waals surface area contributed by atoms with Crippen molar-refractivity contribution in [3.63, 3.8) is 0 Å². The molecule has 41 heavy (non-hydrogen) atoms. The molecule has 8 nitrogen and oxygen atoms in total. The summed E-state index contributed by atoms with van der Waals surface area (Å²) in [6, 6.07) is 25.2. The first kappa shape index (κ1) is 31.1. The largest absolute Gasteiger partial charge is 0.351 e. The van der Waals surface area contributed by atoms with E-state index in [4.69, 9.17) is 0 Å². The van der Waals surface area contributed by atoms with Crippen LogP contribution in [-0.2, 0) is 20.8 Å². The Labute approximate surface area is 242 Å². The zero-order valence-corrected chi connectivity index (χ0v) is 24.2. The highest BCUT2D eigenvalue weighted by Crippen LogP contribution is 2.20. The van der Waals surface area contributed by atoms with Crippen LogP contribution >= 0.6 is 0 Å². The van der Waals surface area contributed by atoms with Crippen molar-refractivity contribution < 1.29 is 19.2 Å². The van der Waals surface area contributed by atoms with Crippen molar-refractivity contribution in [2.45, 2.75) is 64.6 Å². The van der Waals surface area contributed by atoms with Crippen molar-refractivity contribution in [2.24, 2.45) is 0 Å². The van der Waals surface area contributed by atoms with Crippen LogP contribution in [0.25, 0.3) is 11.1 Å². The van der Waals surface area contributed by atoms with Crippen LogP contribution in [-0.4, -0.2) is 47.8 Å². The highest BCUT2D eigenvalue weighted by Gasteiger charge is 2.26. The standard InChI is InChI=1S/C33H40N4O4/c1-23(22-34-31(40)27-17-11-16-26(20-27)25-14-9-6-10-15-25)35-32(41)28(21-30(39)37-33(2,3)4)36-29(38)19-18-24-12-7-5-8-13-24/h5-17,20,23,28H,18-19,21-22H2,1-4H3,(H,34,40)(H,35,41)(H,36,38)(H,37,39)/t23?,28-/m0/s1. The fraction of sp³-hybridized carbons (Fsp3) is 0.333. The minimum atomic E-state index is -1.05. The predicted molar refractivity (Wildman–Crippen MR) is 161 cm³/mol. The molecule has 0 aliphatic carbocycles. The van der Waals surface area contributed by atoms with Crippen molar-refractivity contribution in [1.82, 2.24) is 21.3 Å². The summed E-state index contributed by atoms with van der Waals surface area (Å²) in [6.07, 6.45) is 0.497. The molecule has 0 aliphatic rings. The van der Waals surface area contributed by atoms with Crippen LogP contribution in [0.1, 0.15) is 56.5 Å². The maximum absolute atomic E-state index is 13.2. The average molecular weight is 557 g/mol. The third kappa shape index (κ3) is 10.9. The van der Waals surface area contributed by atoms with E-state index in [1.165, 1.54) is 0 Å². The van der Waals surface area contributed by atoms with Gasteiger partial charge in [0, 0.05) is 30.1 Å². The second-order valence-corrected chi connectivity index (χ2v) is 11.2. The molecule has 0 radical (unpaired) electrons. The number of amides is 4. The molecule has 216 valence electrons. The summed E-state index contributed by atoms with van der Waals surface area (Å²) in [5, 5.41) is 11.2. The van der Waals surface area contributed by atoms with Gasteiger partial charge in [-0.2, -0.15) is 0 Å². The summed E-state index contributed by atoms with van der Waals surface area (Å²) in [7, 11) is 0. The van der Waals surface area contributed by atoms with Crippen LogP contribution in [0.5, 0.6) is 0 Å². The minimum Gasteiger partial charge on any atom is -0.351 e. The van der Waals surface area contributed by atoms with Crippen LogP contribution in [0.15, 0.2) is 84.9 Å². The van der Waals surface area contributed by atoms with Gasteiger partial charge in [0.2, 0.25) is 17.7 Å².